The number of phenolic OH excluding ortho intramolecular Hbond substituents is 2. The molecule has 0 aliphatic rings. The predicted octanol–water partition coefficient (Wildman–Crippen LogP) is 2.25. The van der Waals surface area contributed by atoms with Crippen molar-refractivity contribution in [2.75, 3.05) is 0 Å². The summed E-state index contributed by atoms with van der Waals surface area (Å²) in [5.74, 6) is -0.0359. The van der Waals surface area contributed by atoms with Gasteiger partial charge in [0.15, 0.2) is 0 Å². The molecule has 0 fully saturated rings. The first kappa shape index (κ1) is 13.6. The zero-order chi connectivity index (χ0) is 15.7. The zero-order valence-corrected chi connectivity index (χ0v) is 11.1. The van der Waals surface area contributed by atoms with Gasteiger partial charge in [0.1, 0.15) is 17.2 Å². The van der Waals surface area contributed by atoms with Crippen LogP contribution in [0.1, 0.15) is 0 Å². The van der Waals surface area contributed by atoms with Crippen molar-refractivity contribution in [3.63, 3.8) is 0 Å². The molecule has 3 aromatic rings. The molecule has 8 heteroatoms. The molecule has 0 saturated heterocycles. The minimum atomic E-state index is -0.485. The molecule has 3 rings (SSSR count). The second-order valence-corrected chi connectivity index (χ2v) is 4.52. The first-order valence-electron chi connectivity index (χ1n) is 6.24. The maximum Gasteiger partial charge on any atom is 0.269 e. The first-order valence-corrected chi connectivity index (χ1v) is 6.24. The summed E-state index contributed by atoms with van der Waals surface area (Å²) in [6.07, 6.45) is 1.55. The van der Waals surface area contributed by atoms with Crippen LogP contribution < -0.4 is 0 Å². The highest BCUT2D eigenvalue weighted by atomic mass is 16.6. The minimum Gasteiger partial charge on any atom is -0.508 e. The minimum absolute atomic E-state index is 0.00214. The highest BCUT2D eigenvalue weighted by Gasteiger charge is 2.11. The van der Waals surface area contributed by atoms with Crippen molar-refractivity contribution in [3.05, 3.63) is 58.8 Å². The number of aromatic nitrogens is 3. The van der Waals surface area contributed by atoms with E-state index in [4.69, 9.17) is 0 Å². The van der Waals surface area contributed by atoms with E-state index in [1.165, 1.54) is 35.0 Å². The number of nitrogens with zero attached hydrogens (tertiary/aromatic N) is 4. The smallest absolute Gasteiger partial charge is 0.269 e. The standard InChI is InChI=1S/C14H10N4O4/c19-11-5-6-14(20)12(7-11)13-8-17(16-15-13)9-1-3-10(4-2-9)18(21)22/h1-8,19-20H. The van der Waals surface area contributed by atoms with E-state index < -0.39 is 4.92 Å². The van der Waals surface area contributed by atoms with Crippen LogP contribution in [0.25, 0.3) is 16.9 Å². The van der Waals surface area contributed by atoms with E-state index in [1.807, 2.05) is 0 Å². The van der Waals surface area contributed by atoms with E-state index in [0.29, 0.717) is 16.9 Å². The SMILES string of the molecule is O=[N+]([O-])c1ccc(-n2cc(-c3cc(O)ccc3O)nn2)cc1. The number of rotatable bonds is 3. The lowest BCUT2D eigenvalue weighted by atomic mass is 10.1. The molecule has 0 aliphatic carbocycles. The molecule has 0 amide bonds. The van der Waals surface area contributed by atoms with Crippen LogP contribution in [0.2, 0.25) is 0 Å². The Hall–Kier alpha value is -3.42. The summed E-state index contributed by atoms with van der Waals surface area (Å²) in [7, 11) is 0. The van der Waals surface area contributed by atoms with Crippen molar-refractivity contribution in [1.29, 1.82) is 0 Å². The van der Waals surface area contributed by atoms with Crippen LogP contribution in [0.15, 0.2) is 48.7 Å². The molecule has 110 valence electrons. The van der Waals surface area contributed by atoms with Gasteiger partial charge in [-0.25, -0.2) is 4.68 Å². The number of hydrogen-bond donors (Lipinski definition) is 2. The summed E-state index contributed by atoms with van der Waals surface area (Å²) in [6.45, 7) is 0. The number of hydrogen-bond acceptors (Lipinski definition) is 6. The Morgan fingerprint density at radius 1 is 1.09 bits per heavy atom. The van der Waals surface area contributed by atoms with E-state index in [-0.39, 0.29) is 17.2 Å². The van der Waals surface area contributed by atoms with E-state index in [9.17, 15) is 20.3 Å². The van der Waals surface area contributed by atoms with Crippen molar-refractivity contribution in [2.45, 2.75) is 0 Å². The van der Waals surface area contributed by atoms with Crippen LogP contribution in [-0.4, -0.2) is 30.1 Å². The van der Waals surface area contributed by atoms with Gasteiger partial charge in [0, 0.05) is 17.7 Å². The molecule has 1 aromatic heterocycles. The summed E-state index contributed by atoms with van der Waals surface area (Å²) in [6, 6.07) is 9.90. The lowest BCUT2D eigenvalue weighted by Crippen LogP contribution is -1.95. The number of non-ortho nitro benzene ring substituents is 1. The van der Waals surface area contributed by atoms with Crippen LogP contribution >= 0.6 is 0 Å². The average molecular weight is 298 g/mol. The molecular formula is C14H10N4O4. The van der Waals surface area contributed by atoms with Crippen molar-refractivity contribution < 1.29 is 15.1 Å². The molecule has 2 aromatic carbocycles. The first-order chi connectivity index (χ1) is 10.5. The normalized spacial score (nSPS) is 10.5. The van der Waals surface area contributed by atoms with Gasteiger partial charge in [0.2, 0.25) is 0 Å². The number of nitro groups is 1. The topological polar surface area (TPSA) is 114 Å². The average Bonchev–Trinajstić information content (AvgIpc) is 2.99. The maximum absolute atomic E-state index is 10.6. The summed E-state index contributed by atoms with van der Waals surface area (Å²) < 4.78 is 1.42. The van der Waals surface area contributed by atoms with Gasteiger partial charge in [-0.1, -0.05) is 5.21 Å². The molecule has 0 unspecified atom stereocenters. The molecule has 22 heavy (non-hydrogen) atoms. The number of phenols is 2. The molecular weight excluding hydrogens is 288 g/mol. The number of benzene rings is 2. The lowest BCUT2D eigenvalue weighted by molar-refractivity contribution is -0.384. The molecule has 0 spiro atoms. The Kier molecular flexibility index (Phi) is 3.18. The van der Waals surface area contributed by atoms with Crippen LogP contribution in [0.4, 0.5) is 5.69 Å². The van der Waals surface area contributed by atoms with Crippen LogP contribution in [0, 0.1) is 10.1 Å². The second-order valence-electron chi connectivity index (χ2n) is 4.52. The summed E-state index contributed by atoms with van der Waals surface area (Å²) in [5.41, 5.74) is 1.28. The van der Waals surface area contributed by atoms with Crippen molar-refractivity contribution >= 4 is 5.69 Å². The van der Waals surface area contributed by atoms with E-state index in [0.717, 1.165) is 0 Å². The van der Waals surface area contributed by atoms with Gasteiger partial charge >= 0.3 is 0 Å². The fourth-order valence-electron chi connectivity index (χ4n) is 1.97. The van der Waals surface area contributed by atoms with Crippen molar-refractivity contribution in [1.82, 2.24) is 15.0 Å². The van der Waals surface area contributed by atoms with Crippen molar-refractivity contribution in [2.24, 2.45) is 0 Å². The molecule has 0 aliphatic heterocycles. The third-order valence-electron chi connectivity index (χ3n) is 3.07. The molecule has 1 heterocycles. The second kappa shape index (κ2) is 5.17. The molecule has 8 nitrogen and oxygen atoms in total. The van der Waals surface area contributed by atoms with Gasteiger partial charge in [0.05, 0.1) is 16.8 Å². The third-order valence-corrected chi connectivity index (χ3v) is 3.07. The van der Waals surface area contributed by atoms with E-state index in [2.05, 4.69) is 10.3 Å². The third kappa shape index (κ3) is 2.44. The van der Waals surface area contributed by atoms with Gasteiger partial charge in [-0.15, -0.1) is 5.10 Å². The Balaban J connectivity index is 1.96. The monoisotopic (exact) mass is 298 g/mol. The Bertz CT molecular complexity index is 842. The highest BCUT2D eigenvalue weighted by molar-refractivity contribution is 5.67. The highest BCUT2D eigenvalue weighted by Crippen LogP contribution is 2.31. The fraction of sp³-hybridized carbons (Fsp3) is 0. The van der Waals surface area contributed by atoms with Gasteiger partial charge < -0.3 is 10.2 Å². The largest absolute Gasteiger partial charge is 0.508 e. The molecule has 0 saturated carbocycles. The Labute approximate surface area is 124 Å². The molecule has 0 atom stereocenters. The Morgan fingerprint density at radius 3 is 2.50 bits per heavy atom. The lowest BCUT2D eigenvalue weighted by Gasteiger charge is -2.01. The molecule has 0 bridgehead atoms. The predicted molar refractivity (Wildman–Crippen MR) is 76.8 cm³/mol. The van der Waals surface area contributed by atoms with Crippen LogP contribution in [0.3, 0.4) is 0 Å². The quantitative estimate of drug-likeness (QED) is 0.435. The van der Waals surface area contributed by atoms with Gasteiger partial charge in [-0.05, 0) is 30.3 Å². The van der Waals surface area contributed by atoms with Crippen molar-refractivity contribution in [3.8, 4) is 28.4 Å². The summed E-state index contributed by atoms with van der Waals surface area (Å²) >= 11 is 0. The van der Waals surface area contributed by atoms with E-state index >= 15 is 0 Å². The Morgan fingerprint density at radius 2 is 1.82 bits per heavy atom. The zero-order valence-electron chi connectivity index (χ0n) is 11.1. The van der Waals surface area contributed by atoms with Gasteiger partial charge in [-0.2, -0.15) is 0 Å². The van der Waals surface area contributed by atoms with Gasteiger partial charge in [0.25, 0.3) is 5.69 Å². The molecule has 2 N–H and O–H groups in total. The molecule has 0 radical (unpaired) electrons. The van der Waals surface area contributed by atoms with Crippen LogP contribution in [0.5, 0.6) is 11.5 Å². The summed E-state index contributed by atoms with van der Waals surface area (Å²) in [4.78, 5) is 10.1. The fourth-order valence-corrected chi connectivity index (χ4v) is 1.97. The van der Waals surface area contributed by atoms with Gasteiger partial charge in [-0.3, -0.25) is 10.1 Å². The van der Waals surface area contributed by atoms with E-state index in [1.54, 1.807) is 18.3 Å². The number of nitro benzene ring substituents is 1. The summed E-state index contributed by atoms with van der Waals surface area (Å²) in [5, 5.41) is 37.7. The number of aromatic hydroxyl groups is 2. The van der Waals surface area contributed by atoms with Crippen LogP contribution in [-0.2, 0) is 0 Å². The maximum atomic E-state index is 10.6.